The van der Waals surface area contributed by atoms with Crippen LogP contribution >= 0.6 is 0 Å². The number of hydrogen-bond acceptors (Lipinski definition) is 2. The van der Waals surface area contributed by atoms with E-state index in [2.05, 4.69) is 54.1 Å². The third kappa shape index (κ3) is 2.90. The second-order valence-electron chi connectivity index (χ2n) is 5.99. The van der Waals surface area contributed by atoms with Crippen molar-refractivity contribution in [3.05, 3.63) is 53.2 Å². The van der Waals surface area contributed by atoms with Gasteiger partial charge in [-0.1, -0.05) is 17.7 Å². The number of nitrogens with zero attached hydrogens (tertiary/aromatic N) is 1. The summed E-state index contributed by atoms with van der Waals surface area (Å²) in [5, 5.41) is 1.31. The summed E-state index contributed by atoms with van der Waals surface area (Å²) in [4.78, 5) is 8.16. The molecule has 3 aromatic rings. The van der Waals surface area contributed by atoms with E-state index in [1.54, 1.807) is 0 Å². The average molecular weight is 293 g/mol. The third-order valence-electron chi connectivity index (χ3n) is 4.11. The van der Waals surface area contributed by atoms with Gasteiger partial charge in [-0.25, -0.2) is 0 Å². The van der Waals surface area contributed by atoms with Crippen molar-refractivity contribution >= 4 is 10.9 Å². The highest BCUT2D eigenvalue weighted by Gasteiger charge is 2.14. The van der Waals surface area contributed by atoms with E-state index in [-0.39, 0.29) is 0 Å². The molecule has 0 saturated heterocycles. The number of aromatic amines is 1. The summed E-state index contributed by atoms with van der Waals surface area (Å²) in [5.41, 5.74) is 12.8. The largest absolute Gasteiger partial charge is 0.353 e. The molecule has 114 valence electrons. The van der Waals surface area contributed by atoms with E-state index < -0.39 is 0 Å². The van der Waals surface area contributed by atoms with Gasteiger partial charge >= 0.3 is 0 Å². The van der Waals surface area contributed by atoms with Crippen LogP contribution < -0.4 is 5.73 Å². The van der Waals surface area contributed by atoms with Crippen LogP contribution in [0.2, 0.25) is 0 Å². The number of benzene rings is 1. The molecule has 0 saturated carbocycles. The molecule has 0 radical (unpaired) electrons. The Morgan fingerprint density at radius 1 is 1.05 bits per heavy atom. The number of aryl methyl sites for hydroxylation is 3. The Kier molecular flexibility index (Phi) is 4.25. The molecular formula is C19H23N3. The summed E-state index contributed by atoms with van der Waals surface area (Å²) >= 11 is 0. The SMILES string of the molecule is Cc1ccc(-c2[nH]c3ccc(C)cc3c2CCCCN)nc1. The number of aromatic nitrogens is 2. The Hall–Kier alpha value is -2.13. The van der Waals surface area contributed by atoms with Crippen molar-refractivity contribution < 1.29 is 0 Å². The zero-order valence-corrected chi connectivity index (χ0v) is 13.3. The van der Waals surface area contributed by atoms with Gasteiger partial charge in [0.1, 0.15) is 0 Å². The molecule has 0 fully saturated rings. The van der Waals surface area contributed by atoms with Crippen molar-refractivity contribution in [3.8, 4) is 11.4 Å². The fourth-order valence-corrected chi connectivity index (χ4v) is 2.90. The van der Waals surface area contributed by atoms with E-state index in [1.807, 2.05) is 6.20 Å². The van der Waals surface area contributed by atoms with Gasteiger partial charge in [0.2, 0.25) is 0 Å². The van der Waals surface area contributed by atoms with Crippen LogP contribution in [0.15, 0.2) is 36.5 Å². The molecule has 0 aliphatic rings. The Morgan fingerprint density at radius 2 is 1.86 bits per heavy atom. The number of nitrogens with two attached hydrogens (primary N) is 1. The van der Waals surface area contributed by atoms with E-state index >= 15 is 0 Å². The van der Waals surface area contributed by atoms with Crippen LogP contribution in [0.25, 0.3) is 22.3 Å². The summed E-state index contributed by atoms with van der Waals surface area (Å²) < 4.78 is 0. The highest BCUT2D eigenvalue weighted by atomic mass is 14.8. The Labute approximate surface area is 131 Å². The van der Waals surface area contributed by atoms with Gasteiger partial charge in [0, 0.05) is 17.1 Å². The zero-order valence-electron chi connectivity index (χ0n) is 13.3. The topological polar surface area (TPSA) is 54.7 Å². The molecule has 1 aromatic carbocycles. The first-order valence-corrected chi connectivity index (χ1v) is 7.93. The molecule has 0 bridgehead atoms. The molecule has 0 amide bonds. The van der Waals surface area contributed by atoms with Gasteiger partial charge in [-0.15, -0.1) is 0 Å². The van der Waals surface area contributed by atoms with Gasteiger partial charge in [-0.2, -0.15) is 0 Å². The fraction of sp³-hybridized carbons (Fsp3) is 0.316. The molecule has 0 atom stereocenters. The molecular weight excluding hydrogens is 270 g/mol. The second kappa shape index (κ2) is 6.32. The van der Waals surface area contributed by atoms with Crippen LogP contribution in [0.5, 0.6) is 0 Å². The van der Waals surface area contributed by atoms with E-state index in [0.717, 1.165) is 37.2 Å². The fourth-order valence-electron chi connectivity index (χ4n) is 2.90. The lowest BCUT2D eigenvalue weighted by Crippen LogP contribution is -1.99. The van der Waals surface area contributed by atoms with Crippen LogP contribution in [-0.2, 0) is 6.42 Å². The van der Waals surface area contributed by atoms with E-state index in [0.29, 0.717) is 0 Å². The van der Waals surface area contributed by atoms with E-state index in [1.165, 1.54) is 27.6 Å². The lowest BCUT2D eigenvalue weighted by atomic mass is 10.0. The maximum absolute atomic E-state index is 5.65. The van der Waals surface area contributed by atoms with Crippen molar-refractivity contribution in [3.63, 3.8) is 0 Å². The number of rotatable bonds is 5. The first kappa shape index (κ1) is 14.8. The number of hydrogen-bond donors (Lipinski definition) is 2. The van der Waals surface area contributed by atoms with Gasteiger partial charge < -0.3 is 10.7 Å². The van der Waals surface area contributed by atoms with Crippen molar-refractivity contribution in [1.29, 1.82) is 0 Å². The summed E-state index contributed by atoms with van der Waals surface area (Å²) in [7, 11) is 0. The standard InChI is InChI=1S/C19H23N3/c1-13-6-8-17-16(11-13)15(5-3-4-10-20)19(22-17)18-9-7-14(2)12-21-18/h6-9,11-12,22H,3-5,10,20H2,1-2H3. The maximum Gasteiger partial charge on any atom is 0.0867 e. The number of nitrogens with one attached hydrogen (secondary N) is 1. The highest BCUT2D eigenvalue weighted by Crippen LogP contribution is 2.31. The van der Waals surface area contributed by atoms with Crippen molar-refractivity contribution in [2.45, 2.75) is 33.1 Å². The highest BCUT2D eigenvalue weighted by molar-refractivity contribution is 5.90. The molecule has 3 rings (SSSR count). The average Bonchev–Trinajstić information content (AvgIpc) is 2.86. The number of pyridine rings is 1. The predicted molar refractivity (Wildman–Crippen MR) is 93.0 cm³/mol. The second-order valence-corrected chi connectivity index (χ2v) is 5.99. The first-order chi connectivity index (χ1) is 10.7. The molecule has 2 aromatic heterocycles. The number of unbranched alkanes of at least 4 members (excludes halogenated alkanes) is 1. The molecule has 0 aliphatic carbocycles. The van der Waals surface area contributed by atoms with Crippen LogP contribution in [0.4, 0.5) is 0 Å². The quantitative estimate of drug-likeness (QED) is 0.695. The molecule has 3 nitrogen and oxygen atoms in total. The van der Waals surface area contributed by atoms with Gasteiger partial charge in [-0.05, 0) is 69.0 Å². The van der Waals surface area contributed by atoms with Gasteiger partial charge in [0.05, 0.1) is 11.4 Å². The van der Waals surface area contributed by atoms with Crippen LogP contribution in [0.1, 0.15) is 29.5 Å². The van der Waals surface area contributed by atoms with Crippen molar-refractivity contribution in [2.75, 3.05) is 6.54 Å². The lowest BCUT2D eigenvalue weighted by Gasteiger charge is -2.05. The lowest BCUT2D eigenvalue weighted by molar-refractivity contribution is 0.748. The minimum atomic E-state index is 0.750. The van der Waals surface area contributed by atoms with Gasteiger partial charge in [0.15, 0.2) is 0 Å². The smallest absolute Gasteiger partial charge is 0.0867 e. The number of H-pyrrole nitrogens is 1. The molecule has 22 heavy (non-hydrogen) atoms. The normalized spacial score (nSPS) is 11.2. The zero-order chi connectivity index (χ0) is 15.5. The molecule has 0 aliphatic heterocycles. The van der Waals surface area contributed by atoms with E-state index in [4.69, 9.17) is 5.73 Å². The van der Waals surface area contributed by atoms with E-state index in [9.17, 15) is 0 Å². The Morgan fingerprint density at radius 3 is 2.59 bits per heavy atom. The third-order valence-corrected chi connectivity index (χ3v) is 4.11. The number of fused-ring (bicyclic) bond motifs is 1. The Balaban J connectivity index is 2.10. The van der Waals surface area contributed by atoms with Crippen molar-refractivity contribution in [2.24, 2.45) is 5.73 Å². The van der Waals surface area contributed by atoms with Crippen molar-refractivity contribution in [1.82, 2.24) is 9.97 Å². The summed E-state index contributed by atoms with van der Waals surface area (Å²) in [6.07, 6.45) is 5.12. The van der Waals surface area contributed by atoms with Gasteiger partial charge in [-0.3, -0.25) is 4.98 Å². The van der Waals surface area contributed by atoms with Gasteiger partial charge in [0.25, 0.3) is 0 Å². The molecule has 3 heteroatoms. The van der Waals surface area contributed by atoms with Crippen LogP contribution in [0, 0.1) is 13.8 Å². The van der Waals surface area contributed by atoms with Crippen LogP contribution in [0.3, 0.4) is 0 Å². The monoisotopic (exact) mass is 293 g/mol. The first-order valence-electron chi connectivity index (χ1n) is 7.93. The summed E-state index contributed by atoms with van der Waals surface area (Å²) in [6, 6.07) is 10.8. The Bertz CT molecular complexity index is 769. The minimum Gasteiger partial charge on any atom is -0.353 e. The predicted octanol–water partition coefficient (Wildman–Crippen LogP) is 4.13. The molecule has 0 spiro atoms. The summed E-state index contributed by atoms with van der Waals surface area (Å²) in [5.74, 6) is 0. The maximum atomic E-state index is 5.65. The minimum absolute atomic E-state index is 0.750. The van der Waals surface area contributed by atoms with Crippen LogP contribution in [-0.4, -0.2) is 16.5 Å². The summed E-state index contributed by atoms with van der Waals surface area (Å²) in [6.45, 7) is 4.95. The molecule has 2 heterocycles. The molecule has 0 unspecified atom stereocenters. The molecule has 3 N–H and O–H groups in total.